The lowest BCUT2D eigenvalue weighted by Gasteiger charge is -2.16. The maximum atomic E-state index is 6.29. The molecular weight excluding hydrogens is 356 g/mol. The summed E-state index contributed by atoms with van der Waals surface area (Å²) < 4.78 is 0. The number of fused-ring (bicyclic) bond motifs is 1. The highest BCUT2D eigenvalue weighted by molar-refractivity contribution is 5.99. The summed E-state index contributed by atoms with van der Waals surface area (Å²) in [5.74, 6) is 0. The van der Waals surface area contributed by atoms with Crippen LogP contribution in [0.4, 0.5) is 11.4 Å². The van der Waals surface area contributed by atoms with Crippen molar-refractivity contribution in [2.45, 2.75) is 66.7 Å². The van der Waals surface area contributed by atoms with Crippen LogP contribution in [0.5, 0.6) is 0 Å². The Balaban J connectivity index is 1.99. The lowest BCUT2D eigenvalue weighted by atomic mass is 9.94. The van der Waals surface area contributed by atoms with Gasteiger partial charge in [-0.3, -0.25) is 9.97 Å². The molecule has 1 aromatic carbocycles. The van der Waals surface area contributed by atoms with Crippen LogP contribution in [-0.2, 0) is 0 Å². The maximum absolute atomic E-state index is 6.29. The summed E-state index contributed by atoms with van der Waals surface area (Å²) in [6.45, 7) is 11.6. The molecule has 4 heteroatoms. The third-order valence-corrected chi connectivity index (χ3v) is 5.97. The molecule has 0 fully saturated rings. The molecule has 0 aliphatic heterocycles. The van der Waals surface area contributed by atoms with Gasteiger partial charge in [0.15, 0.2) is 0 Å². The lowest BCUT2D eigenvalue weighted by molar-refractivity contribution is 0.645. The van der Waals surface area contributed by atoms with Crippen molar-refractivity contribution in [3.8, 4) is 11.3 Å². The number of benzene rings is 1. The van der Waals surface area contributed by atoms with Crippen molar-refractivity contribution in [3.05, 3.63) is 46.8 Å². The Morgan fingerprint density at radius 1 is 0.931 bits per heavy atom. The van der Waals surface area contributed by atoms with Crippen LogP contribution in [-0.4, -0.2) is 16.5 Å². The number of nitrogen functional groups attached to an aromatic ring is 1. The molecule has 0 saturated carbocycles. The minimum absolute atomic E-state index is 0.806. The van der Waals surface area contributed by atoms with E-state index in [0.717, 1.165) is 51.3 Å². The van der Waals surface area contributed by atoms with Crippen molar-refractivity contribution < 1.29 is 0 Å². The summed E-state index contributed by atoms with van der Waals surface area (Å²) in [6.07, 6.45) is 8.26. The van der Waals surface area contributed by atoms with Crippen LogP contribution >= 0.6 is 0 Å². The lowest BCUT2D eigenvalue weighted by Crippen LogP contribution is -2.04. The van der Waals surface area contributed by atoms with E-state index >= 15 is 0 Å². The van der Waals surface area contributed by atoms with Gasteiger partial charge in [-0.15, -0.1) is 0 Å². The van der Waals surface area contributed by atoms with Gasteiger partial charge in [-0.1, -0.05) is 32.6 Å². The molecule has 0 saturated heterocycles. The fourth-order valence-corrected chi connectivity index (χ4v) is 3.89. The second kappa shape index (κ2) is 9.25. The zero-order chi connectivity index (χ0) is 21.0. The van der Waals surface area contributed by atoms with Crippen LogP contribution < -0.4 is 11.1 Å². The molecule has 0 radical (unpaired) electrons. The molecule has 3 rings (SSSR count). The molecule has 3 N–H and O–H groups in total. The van der Waals surface area contributed by atoms with E-state index in [2.05, 4.69) is 45.1 Å². The van der Waals surface area contributed by atoms with Crippen LogP contribution in [0.25, 0.3) is 22.2 Å². The number of unbranched alkanes of at least 4 members (excludes halogenated alkanes) is 4. The molecule has 29 heavy (non-hydrogen) atoms. The summed E-state index contributed by atoms with van der Waals surface area (Å²) in [4.78, 5) is 9.58. The van der Waals surface area contributed by atoms with E-state index in [9.17, 15) is 0 Å². The minimum Gasteiger partial charge on any atom is -0.398 e. The second-order valence-corrected chi connectivity index (χ2v) is 8.10. The standard InChI is InChI=1S/C25H34N4/c1-6-7-8-9-10-12-27-23-14-16(2)29-25-20(23)11-13-28-24(25)21-15-22(26)19(5)17(3)18(21)4/h11,13-15H,6-10,12,26H2,1-5H3,(H,27,29). The van der Waals surface area contributed by atoms with E-state index in [1.165, 1.54) is 43.2 Å². The molecule has 0 atom stereocenters. The van der Waals surface area contributed by atoms with Crippen molar-refractivity contribution >= 4 is 22.3 Å². The molecule has 154 valence electrons. The quantitative estimate of drug-likeness (QED) is 0.340. The van der Waals surface area contributed by atoms with Crippen molar-refractivity contribution in [3.63, 3.8) is 0 Å². The Morgan fingerprint density at radius 2 is 1.69 bits per heavy atom. The number of aryl methyl sites for hydroxylation is 1. The van der Waals surface area contributed by atoms with Gasteiger partial charge in [-0.2, -0.15) is 0 Å². The van der Waals surface area contributed by atoms with E-state index in [0.29, 0.717) is 0 Å². The SMILES string of the molecule is CCCCCCCNc1cc(C)nc2c(-c3cc(N)c(C)c(C)c3C)nccc12. The summed E-state index contributed by atoms with van der Waals surface area (Å²) in [5, 5.41) is 4.75. The Kier molecular flexibility index (Phi) is 6.73. The van der Waals surface area contributed by atoms with Crippen molar-refractivity contribution in [1.82, 2.24) is 9.97 Å². The number of nitrogens with one attached hydrogen (secondary N) is 1. The molecule has 0 spiro atoms. The number of aromatic nitrogens is 2. The molecule has 4 nitrogen and oxygen atoms in total. The molecule has 0 bridgehead atoms. The normalized spacial score (nSPS) is 11.2. The highest BCUT2D eigenvalue weighted by Crippen LogP contribution is 2.35. The Hall–Kier alpha value is -2.62. The number of pyridine rings is 2. The van der Waals surface area contributed by atoms with Gasteiger partial charge in [-0.25, -0.2) is 0 Å². The molecular formula is C25H34N4. The largest absolute Gasteiger partial charge is 0.398 e. The summed E-state index contributed by atoms with van der Waals surface area (Å²) in [7, 11) is 0. The molecule has 0 aliphatic carbocycles. The maximum Gasteiger partial charge on any atom is 0.0989 e. The van der Waals surface area contributed by atoms with Gasteiger partial charge in [0.2, 0.25) is 0 Å². The van der Waals surface area contributed by atoms with E-state index in [4.69, 9.17) is 15.7 Å². The van der Waals surface area contributed by atoms with Crippen molar-refractivity contribution in [2.75, 3.05) is 17.6 Å². The molecule has 3 aromatic rings. The Morgan fingerprint density at radius 3 is 2.45 bits per heavy atom. The average molecular weight is 391 g/mol. The van der Waals surface area contributed by atoms with E-state index in [1.54, 1.807) is 0 Å². The minimum atomic E-state index is 0.806. The fraction of sp³-hybridized carbons (Fsp3) is 0.440. The predicted octanol–water partition coefficient (Wildman–Crippen LogP) is 6.49. The van der Waals surface area contributed by atoms with Crippen LogP contribution in [0, 0.1) is 27.7 Å². The number of nitrogens with zero attached hydrogens (tertiary/aromatic N) is 2. The van der Waals surface area contributed by atoms with Crippen LogP contribution in [0.15, 0.2) is 24.4 Å². The zero-order valence-electron chi connectivity index (χ0n) is 18.5. The van der Waals surface area contributed by atoms with Gasteiger partial charge in [0.25, 0.3) is 0 Å². The molecule has 0 amide bonds. The van der Waals surface area contributed by atoms with Gasteiger partial charge in [-0.05, 0) is 69.0 Å². The number of hydrogen-bond donors (Lipinski definition) is 2. The molecule has 0 aliphatic rings. The van der Waals surface area contributed by atoms with Crippen molar-refractivity contribution in [1.29, 1.82) is 0 Å². The smallest absolute Gasteiger partial charge is 0.0989 e. The zero-order valence-corrected chi connectivity index (χ0v) is 18.5. The topological polar surface area (TPSA) is 63.8 Å². The second-order valence-electron chi connectivity index (χ2n) is 8.10. The first kappa shape index (κ1) is 21.1. The fourth-order valence-electron chi connectivity index (χ4n) is 3.89. The average Bonchev–Trinajstić information content (AvgIpc) is 2.71. The number of anilines is 2. The first-order chi connectivity index (χ1) is 13.9. The van der Waals surface area contributed by atoms with Crippen LogP contribution in [0.2, 0.25) is 0 Å². The van der Waals surface area contributed by atoms with Gasteiger partial charge in [0.05, 0.1) is 11.2 Å². The summed E-state index contributed by atoms with van der Waals surface area (Å²) in [5.41, 5.74) is 15.7. The molecule has 2 heterocycles. The third kappa shape index (κ3) is 4.52. The summed E-state index contributed by atoms with van der Waals surface area (Å²) >= 11 is 0. The predicted molar refractivity (Wildman–Crippen MR) is 126 cm³/mol. The number of nitrogens with two attached hydrogens (primary N) is 1. The van der Waals surface area contributed by atoms with E-state index in [-0.39, 0.29) is 0 Å². The Labute approximate surface area is 175 Å². The van der Waals surface area contributed by atoms with Gasteiger partial charge in [0, 0.05) is 40.8 Å². The molecule has 0 unspecified atom stereocenters. The Bertz CT molecular complexity index is 1010. The van der Waals surface area contributed by atoms with E-state index in [1.807, 2.05) is 19.2 Å². The van der Waals surface area contributed by atoms with Gasteiger partial charge in [0.1, 0.15) is 0 Å². The number of rotatable bonds is 8. The highest BCUT2D eigenvalue weighted by Gasteiger charge is 2.15. The van der Waals surface area contributed by atoms with Gasteiger partial charge >= 0.3 is 0 Å². The van der Waals surface area contributed by atoms with Crippen molar-refractivity contribution in [2.24, 2.45) is 0 Å². The van der Waals surface area contributed by atoms with Crippen LogP contribution in [0.1, 0.15) is 61.4 Å². The van der Waals surface area contributed by atoms with E-state index < -0.39 is 0 Å². The van der Waals surface area contributed by atoms with Crippen LogP contribution in [0.3, 0.4) is 0 Å². The monoisotopic (exact) mass is 390 g/mol. The number of hydrogen-bond acceptors (Lipinski definition) is 4. The highest BCUT2D eigenvalue weighted by atomic mass is 14.9. The third-order valence-electron chi connectivity index (χ3n) is 5.97. The first-order valence-electron chi connectivity index (χ1n) is 10.8. The summed E-state index contributed by atoms with van der Waals surface area (Å²) in [6, 6.07) is 6.24. The van der Waals surface area contributed by atoms with Gasteiger partial charge < -0.3 is 11.1 Å². The first-order valence-corrected chi connectivity index (χ1v) is 10.8. The molecule has 2 aromatic heterocycles.